The summed E-state index contributed by atoms with van der Waals surface area (Å²) in [6.07, 6.45) is 8.77. The van der Waals surface area contributed by atoms with E-state index in [0.29, 0.717) is 0 Å². The second-order valence-corrected chi connectivity index (χ2v) is 7.18. The molecule has 0 radical (unpaired) electrons. The summed E-state index contributed by atoms with van der Waals surface area (Å²) in [7, 11) is 0. The lowest BCUT2D eigenvalue weighted by atomic mass is 10.2. The normalized spacial score (nSPS) is 23.7. The van der Waals surface area contributed by atoms with Crippen molar-refractivity contribution in [2.75, 3.05) is 12.8 Å². The minimum Gasteiger partial charge on any atom is -0.331 e. The van der Waals surface area contributed by atoms with Crippen LogP contribution in [0.1, 0.15) is 56.7 Å². The number of carbonyl (C=O) groups is 1. The maximum absolute atomic E-state index is 12.6. The fraction of sp³-hybridized carbons (Fsp3) is 0.800. The molecule has 0 aromatic carbocycles. The van der Waals surface area contributed by atoms with Crippen LogP contribution in [0, 0.1) is 0 Å². The summed E-state index contributed by atoms with van der Waals surface area (Å²) < 4.78 is 2.28. The molecule has 0 aliphatic carbocycles. The number of rotatable bonds is 3. The Bertz CT molecular complexity index is 516. The molecule has 21 heavy (non-hydrogen) atoms. The number of amides is 1. The first-order valence-electron chi connectivity index (χ1n) is 7.97. The average molecular weight is 308 g/mol. The quantitative estimate of drug-likeness (QED) is 0.860. The summed E-state index contributed by atoms with van der Waals surface area (Å²) >= 11 is 1.62. The fourth-order valence-corrected chi connectivity index (χ4v) is 3.72. The van der Waals surface area contributed by atoms with E-state index in [1.165, 1.54) is 19.3 Å². The molecule has 2 aliphatic heterocycles. The van der Waals surface area contributed by atoms with Gasteiger partial charge in [0, 0.05) is 19.5 Å². The third-order valence-corrected chi connectivity index (χ3v) is 5.58. The molecule has 1 aromatic heterocycles. The number of thioether (sulfide) groups is 1. The zero-order chi connectivity index (χ0) is 14.8. The van der Waals surface area contributed by atoms with Gasteiger partial charge >= 0.3 is 0 Å². The monoisotopic (exact) mass is 308 g/mol. The summed E-state index contributed by atoms with van der Waals surface area (Å²) in [6.45, 7) is 3.86. The van der Waals surface area contributed by atoms with Gasteiger partial charge in [0.1, 0.15) is 5.82 Å². The zero-order valence-corrected chi connectivity index (χ0v) is 13.7. The van der Waals surface area contributed by atoms with Crippen molar-refractivity contribution in [3.63, 3.8) is 0 Å². The lowest BCUT2D eigenvalue weighted by Crippen LogP contribution is -2.37. The van der Waals surface area contributed by atoms with Crippen molar-refractivity contribution in [3.05, 3.63) is 11.6 Å². The van der Waals surface area contributed by atoms with Gasteiger partial charge in [-0.2, -0.15) is 11.8 Å². The molecule has 3 heterocycles. The summed E-state index contributed by atoms with van der Waals surface area (Å²) in [6, 6.07) is 0.131. The predicted molar refractivity (Wildman–Crippen MR) is 84.2 cm³/mol. The maximum Gasteiger partial charge on any atom is 0.236 e. The zero-order valence-electron chi connectivity index (χ0n) is 12.9. The van der Waals surface area contributed by atoms with E-state index in [1.807, 2.05) is 18.1 Å². The number of fused-ring (bicyclic) bond motifs is 1. The Morgan fingerprint density at radius 2 is 2.10 bits per heavy atom. The molecule has 0 saturated carbocycles. The van der Waals surface area contributed by atoms with Crippen molar-refractivity contribution >= 4 is 17.7 Å². The van der Waals surface area contributed by atoms with Crippen LogP contribution in [0.4, 0.5) is 0 Å². The van der Waals surface area contributed by atoms with Crippen LogP contribution in [0.3, 0.4) is 0 Å². The molecule has 3 rings (SSSR count). The fourth-order valence-electron chi connectivity index (χ4n) is 3.39. The van der Waals surface area contributed by atoms with E-state index in [4.69, 9.17) is 0 Å². The smallest absolute Gasteiger partial charge is 0.236 e. The number of hydrogen-bond acceptors (Lipinski definition) is 4. The lowest BCUT2D eigenvalue weighted by Gasteiger charge is -2.26. The van der Waals surface area contributed by atoms with Crippen molar-refractivity contribution < 1.29 is 4.79 Å². The highest BCUT2D eigenvalue weighted by Crippen LogP contribution is 2.33. The van der Waals surface area contributed by atoms with Crippen molar-refractivity contribution in [2.45, 2.75) is 63.3 Å². The molecule has 1 amide bonds. The van der Waals surface area contributed by atoms with Crippen LogP contribution in [0.25, 0.3) is 0 Å². The second-order valence-electron chi connectivity index (χ2n) is 6.00. The molecule has 0 spiro atoms. The van der Waals surface area contributed by atoms with Crippen molar-refractivity contribution in [1.29, 1.82) is 0 Å². The Balaban J connectivity index is 1.85. The van der Waals surface area contributed by atoms with E-state index >= 15 is 0 Å². The van der Waals surface area contributed by atoms with Gasteiger partial charge in [-0.3, -0.25) is 4.79 Å². The Labute approximate surface area is 130 Å². The molecule has 1 fully saturated rings. The molecule has 116 valence electrons. The Kier molecular flexibility index (Phi) is 4.52. The van der Waals surface area contributed by atoms with Gasteiger partial charge in [-0.25, -0.2) is 0 Å². The minimum atomic E-state index is 0.0251. The third kappa shape index (κ3) is 2.82. The third-order valence-electron chi connectivity index (χ3n) is 4.67. The largest absolute Gasteiger partial charge is 0.331 e. The van der Waals surface area contributed by atoms with Gasteiger partial charge < -0.3 is 9.47 Å². The number of nitrogens with zero attached hydrogens (tertiary/aromatic N) is 4. The highest BCUT2D eigenvalue weighted by Gasteiger charge is 2.35. The van der Waals surface area contributed by atoms with Crippen LogP contribution in [-0.2, 0) is 17.8 Å². The molecule has 5 nitrogen and oxygen atoms in total. The molecule has 1 saturated heterocycles. The topological polar surface area (TPSA) is 51.0 Å². The van der Waals surface area contributed by atoms with E-state index in [9.17, 15) is 4.79 Å². The van der Waals surface area contributed by atoms with Gasteiger partial charge in [0.15, 0.2) is 5.82 Å². The number of carbonyl (C=O) groups excluding carboxylic acids is 1. The molecule has 1 aromatic rings. The molecule has 0 bridgehead atoms. The van der Waals surface area contributed by atoms with Crippen LogP contribution in [-0.4, -0.2) is 43.6 Å². The van der Waals surface area contributed by atoms with Gasteiger partial charge in [0.05, 0.1) is 11.3 Å². The van der Waals surface area contributed by atoms with Crippen LogP contribution < -0.4 is 0 Å². The van der Waals surface area contributed by atoms with Gasteiger partial charge in [-0.15, -0.1) is 10.2 Å². The minimum absolute atomic E-state index is 0.0251. The molecule has 2 unspecified atom stereocenters. The van der Waals surface area contributed by atoms with Gasteiger partial charge in [-0.1, -0.05) is 6.42 Å². The van der Waals surface area contributed by atoms with Crippen LogP contribution in [0.15, 0.2) is 0 Å². The Hall–Kier alpha value is -1.04. The number of aryl methyl sites for hydroxylation is 1. The first kappa shape index (κ1) is 14.9. The highest BCUT2D eigenvalue weighted by molar-refractivity contribution is 7.99. The lowest BCUT2D eigenvalue weighted by molar-refractivity contribution is -0.131. The van der Waals surface area contributed by atoms with Crippen molar-refractivity contribution in [1.82, 2.24) is 19.7 Å². The van der Waals surface area contributed by atoms with Crippen molar-refractivity contribution in [3.8, 4) is 0 Å². The van der Waals surface area contributed by atoms with E-state index in [0.717, 1.165) is 44.0 Å². The number of aromatic nitrogens is 3. The molecular weight excluding hydrogens is 284 g/mol. The van der Waals surface area contributed by atoms with Gasteiger partial charge in [0.25, 0.3) is 0 Å². The SMILES string of the molecule is CSC(C)C(=O)N1CCCC1c1nnc2n1CCCCC2. The van der Waals surface area contributed by atoms with E-state index < -0.39 is 0 Å². The molecule has 6 heteroatoms. The first-order chi connectivity index (χ1) is 10.2. The first-order valence-corrected chi connectivity index (χ1v) is 9.26. The van der Waals surface area contributed by atoms with Gasteiger partial charge in [0.2, 0.25) is 5.91 Å². The van der Waals surface area contributed by atoms with Gasteiger partial charge in [-0.05, 0) is 38.9 Å². The van der Waals surface area contributed by atoms with Crippen molar-refractivity contribution in [2.24, 2.45) is 0 Å². The molecular formula is C15H24N4OS. The Morgan fingerprint density at radius 1 is 1.24 bits per heavy atom. The van der Waals surface area contributed by atoms with Crippen LogP contribution in [0.5, 0.6) is 0 Å². The predicted octanol–water partition coefficient (Wildman–Crippen LogP) is 2.42. The number of likely N-dealkylation sites (tertiary alicyclic amines) is 1. The molecule has 2 atom stereocenters. The Morgan fingerprint density at radius 3 is 2.90 bits per heavy atom. The van der Waals surface area contributed by atoms with E-state index in [-0.39, 0.29) is 17.2 Å². The summed E-state index contributed by atoms with van der Waals surface area (Å²) in [5, 5.41) is 8.87. The molecule has 2 aliphatic rings. The number of hydrogen-bond donors (Lipinski definition) is 0. The highest BCUT2D eigenvalue weighted by atomic mass is 32.2. The maximum atomic E-state index is 12.6. The van der Waals surface area contributed by atoms with Crippen LogP contribution >= 0.6 is 11.8 Å². The summed E-state index contributed by atoms with van der Waals surface area (Å²) in [5.74, 6) is 2.38. The summed E-state index contributed by atoms with van der Waals surface area (Å²) in [5.41, 5.74) is 0. The standard InChI is InChI=1S/C15H24N4OS/c1-11(21-2)15(20)18-10-6-7-12(18)14-17-16-13-8-4-3-5-9-19(13)14/h11-12H,3-10H2,1-2H3. The average Bonchev–Trinajstić information content (AvgIpc) is 3.06. The van der Waals surface area contributed by atoms with E-state index in [2.05, 4.69) is 14.8 Å². The van der Waals surface area contributed by atoms with Crippen LogP contribution in [0.2, 0.25) is 0 Å². The second kappa shape index (κ2) is 6.38. The summed E-state index contributed by atoms with van der Waals surface area (Å²) in [4.78, 5) is 14.6. The van der Waals surface area contributed by atoms with E-state index in [1.54, 1.807) is 11.8 Å². The molecule has 0 N–H and O–H groups in total.